The van der Waals surface area contributed by atoms with E-state index in [-0.39, 0.29) is 0 Å². The third kappa shape index (κ3) is 2.61. The molecule has 16 heavy (non-hydrogen) atoms. The van der Waals surface area contributed by atoms with E-state index in [4.69, 9.17) is 11.6 Å². The van der Waals surface area contributed by atoms with E-state index in [0.717, 1.165) is 4.34 Å². The summed E-state index contributed by atoms with van der Waals surface area (Å²) in [6, 6.07) is 5.18. The standard InChI is InChI=1S/C13H20ClNS/c1-9(10-6-7-12(14)16-10)15-11-5-4-8-13(11,2)3/h6-7,9,11,15H,4-5,8H2,1-3H3. The molecule has 90 valence electrons. The van der Waals surface area contributed by atoms with Crippen LogP contribution in [0.3, 0.4) is 0 Å². The molecule has 0 bridgehead atoms. The SMILES string of the molecule is CC(NC1CCCC1(C)C)c1ccc(Cl)s1. The molecule has 0 aliphatic heterocycles. The Morgan fingerprint density at radius 2 is 2.25 bits per heavy atom. The number of thiophene rings is 1. The summed E-state index contributed by atoms with van der Waals surface area (Å²) in [4.78, 5) is 1.34. The molecular weight excluding hydrogens is 238 g/mol. The molecule has 2 unspecified atom stereocenters. The molecule has 1 N–H and O–H groups in total. The van der Waals surface area contributed by atoms with Crippen molar-refractivity contribution in [3.05, 3.63) is 21.3 Å². The summed E-state index contributed by atoms with van der Waals surface area (Å²) in [5.74, 6) is 0. The number of halogens is 1. The molecule has 1 heterocycles. The fourth-order valence-electron chi connectivity index (χ4n) is 2.58. The molecule has 0 spiro atoms. The van der Waals surface area contributed by atoms with Gasteiger partial charge in [0.2, 0.25) is 0 Å². The highest BCUT2D eigenvalue weighted by molar-refractivity contribution is 7.16. The highest BCUT2D eigenvalue weighted by Gasteiger charge is 2.35. The zero-order chi connectivity index (χ0) is 11.8. The van der Waals surface area contributed by atoms with E-state index in [1.807, 2.05) is 6.07 Å². The molecule has 0 radical (unpaired) electrons. The Morgan fingerprint density at radius 3 is 2.75 bits per heavy atom. The topological polar surface area (TPSA) is 12.0 Å². The Morgan fingerprint density at radius 1 is 1.50 bits per heavy atom. The highest BCUT2D eigenvalue weighted by atomic mass is 35.5. The Labute approximate surface area is 107 Å². The molecule has 2 atom stereocenters. The third-order valence-electron chi connectivity index (χ3n) is 3.73. The zero-order valence-corrected chi connectivity index (χ0v) is 11.8. The Balaban J connectivity index is 1.99. The smallest absolute Gasteiger partial charge is 0.0931 e. The van der Waals surface area contributed by atoms with Crippen molar-refractivity contribution in [3.63, 3.8) is 0 Å². The number of nitrogens with one attached hydrogen (secondary N) is 1. The van der Waals surface area contributed by atoms with E-state index in [0.29, 0.717) is 17.5 Å². The largest absolute Gasteiger partial charge is 0.306 e. The van der Waals surface area contributed by atoms with Gasteiger partial charge in [0.05, 0.1) is 4.34 Å². The van der Waals surface area contributed by atoms with Gasteiger partial charge in [-0.2, -0.15) is 0 Å². The molecule has 1 nitrogen and oxygen atoms in total. The van der Waals surface area contributed by atoms with Gasteiger partial charge in [-0.25, -0.2) is 0 Å². The first-order valence-corrected chi connectivity index (χ1v) is 7.20. The predicted molar refractivity (Wildman–Crippen MR) is 72.3 cm³/mol. The summed E-state index contributed by atoms with van der Waals surface area (Å²) in [6.45, 7) is 6.97. The monoisotopic (exact) mass is 257 g/mol. The fraction of sp³-hybridized carbons (Fsp3) is 0.692. The first-order chi connectivity index (χ1) is 7.49. The molecule has 1 aromatic rings. The molecule has 1 saturated carbocycles. The molecule has 1 aliphatic rings. The Bertz CT molecular complexity index is 359. The average molecular weight is 258 g/mol. The Kier molecular flexibility index (Phi) is 3.62. The molecule has 0 saturated heterocycles. The predicted octanol–water partition coefficient (Wildman–Crippen LogP) is 4.63. The second-order valence-corrected chi connectivity index (χ2v) is 7.21. The summed E-state index contributed by atoms with van der Waals surface area (Å²) in [6.07, 6.45) is 3.99. The first kappa shape index (κ1) is 12.4. The van der Waals surface area contributed by atoms with Crippen molar-refractivity contribution in [2.24, 2.45) is 5.41 Å². The second kappa shape index (κ2) is 4.67. The summed E-state index contributed by atoms with van der Waals surface area (Å²) in [5.41, 5.74) is 0.440. The van der Waals surface area contributed by atoms with Crippen LogP contribution in [0.1, 0.15) is 51.0 Å². The maximum absolute atomic E-state index is 5.97. The van der Waals surface area contributed by atoms with Crippen LogP contribution in [0.5, 0.6) is 0 Å². The quantitative estimate of drug-likeness (QED) is 0.833. The van der Waals surface area contributed by atoms with Crippen molar-refractivity contribution in [2.45, 2.75) is 52.1 Å². The van der Waals surface area contributed by atoms with Crippen molar-refractivity contribution in [1.82, 2.24) is 5.32 Å². The molecule has 2 rings (SSSR count). The lowest BCUT2D eigenvalue weighted by molar-refractivity contribution is 0.267. The van der Waals surface area contributed by atoms with E-state index in [1.165, 1.54) is 24.1 Å². The van der Waals surface area contributed by atoms with Crippen molar-refractivity contribution >= 4 is 22.9 Å². The van der Waals surface area contributed by atoms with Crippen molar-refractivity contribution in [2.75, 3.05) is 0 Å². The van der Waals surface area contributed by atoms with E-state index < -0.39 is 0 Å². The summed E-state index contributed by atoms with van der Waals surface area (Å²) in [5, 5.41) is 3.75. The molecule has 0 amide bonds. The zero-order valence-electron chi connectivity index (χ0n) is 10.2. The summed E-state index contributed by atoms with van der Waals surface area (Å²) in [7, 11) is 0. The maximum Gasteiger partial charge on any atom is 0.0931 e. The van der Waals surface area contributed by atoms with Crippen LogP contribution in [0.25, 0.3) is 0 Å². The Hall–Kier alpha value is -0.0500. The third-order valence-corrected chi connectivity index (χ3v) is 5.14. The van der Waals surface area contributed by atoms with E-state index in [2.05, 4.69) is 32.2 Å². The van der Waals surface area contributed by atoms with Gasteiger partial charge in [0, 0.05) is 17.0 Å². The lowest BCUT2D eigenvalue weighted by Gasteiger charge is -2.30. The van der Waals surface area contributed by atoms with Gasteiger partial charge in [0.25, 0.3) is 0 Å². The van der Waals surface area contributed by atoms with Crippen LogP contribution in [-0.2, 0) is 0 Å². The van der Waals surface area contributed by atoms with Crippen molar-refractivity contribution < 1.29 is 0 Å². The highest BCUT2D eigenvalue weighted by Crippen LogP contribution is 2.39. The van der Waals surface area contributed by atoms with Crippen LogP contribution < -0.4 is 5.32 Å². The minimum Gasteiger partial charge on any atom is -0.306 e. The van der Waals surface area contributed by atoms with E-state index in [9.17, 15) is 0 Å². The van der Waals surface area contributed by atoms with Crippen LogP contribution in [0.15, 0.2) is 12.1 Å². The van der Waals surface area contributed by atoms with Gasteiger partial charge >= 0.3 is 0 Å². The minimum absolute atomic E-state index is 0.417. The van der Waals surface area contributed by atoms with Gasteiger partial charge in [-0.1, -0.05) is 31.9 Å². The summed E-state index contributed by atoms with van der Waals surface area (Å²) < 4.78 is 0.884. The summed E-state index contributed by atoms with van der Waals surface area (Å²) >= 11 is 7.65. The number of rotatable bonds is 3. The van der Waals surface area contributed by atoms with E-state index in [1.54, 1.807) is 11.3 Å². The van der Waals surface area contributed by atoms with Gasteiger partial charge < -0.3 is 5.32 Å². The normalized spacial score (nSPS) is 25.9. The molecule has 1 fully saturated rings. The fourth-order valence-corrected chi connectivity index (χ4v) is 3.65. The van der Waals surface area contributed by atoms with Gasteiger partial charge in [-0.05, 0) is 37.3 Å². The van der Waals surface area contributed by atoms with Crippen molar-refractivity contribution in [1.29, 1.82) is 0 Å². The average Bonchev–Trinajstić information content (AvgIpc) is 2.74. The van der Waals surface area contributed by atoms with Gasteiger partial charge in [-0.3, -0.25) is 0 Å². The lowest BCUT2D eigenvalue weighted by atomic mass is 9.87. The van der Waals surface area contributed by atoms with Crippen LogP contribution in [0, 0.1) is 5.41 Å². The molecule has 1 aromatic heterocycles. The van der Waals surface area contributed by atoms with E-state index >= 15 is 0 Å². The van der Waals surface area contributed by atoms with Crippen LogP contribution in [0.4, 0.5) is 0 Å². The first-order valence-electron chi connectivity index (χ1n) is 6.00. The lowest BCUT2D eigenvalue weighted by Crippen LogP contribution is -2.38. The van der Waals surface area contributed by atoms with Crippen molar-refractivity contribution in [3.8, 4) is 0 Å². The van der Waals surface area contributed by atoms with Crippen LogP contribution in [0.2, 0.25) is 4.34 Å². The molecular formula is C13H20ClNS. The van der Waals surface area contributed by atoms with Crippen LogP contribution in [-0.4, -0.2) is 6.04 Å². The molecule has 0 aromatic carbocycles. The number of hydrogen-bond acceptors (Lipinski definition) is 2. The van der Waals surface area contributed by atoms with Crippen LogP contribution >= 0.6 is 22.9 Å². The number of hydrogen-bond donors (Lipinski definition) is 1. The second-order valence-electron chi connectivity index (χ2n) is 5.46. The molecule has 1 aliphatic carbocycles. The van der Waals surface area contributed by atoms with Gasteiger partial charge in [0.15, 0.2) is 0 Å². The van der Waals surface area contributed by atoms with Gasteiger partial charge in [-0.15, -0.1) is 11.3 Å². The van der Waals surface area contributed by atoms with Gasteiger partial charge in [0.1, 0.15) is 0 Å². The molecule has 3 heteroatoms. The minimum atomic E-state index is 0.417. The maximum atomic E-state index is 5.97.